The first-order valence-electron chi connectivity index (χ1n) is 6.76. The zero-order valence-electron chi connectivity index (χ0n) is 11.1. The van der Waals surface area contributed by atoms with Crippen molar-refractivity contribution in [2.24, 2.45) is 0 Å². The number of benzene rings is 1. The molecular formula is C14H20N2O3. The van der Waals surface area contributed by atoms with Gasteiger partial charge in [-0.15, -0.1) is 0 Å². The van der Waals surface area contributed by atoms with Crippen LogP contribution in [0, 0.1) is 10.1 Å². The van der Waals surface area contributed by atoms with Crippen LogP contribution in [0.15, 0.2) is 24.3 Å². The van der Waals surface area contributed by atoms with E-state index in [4.69, 9.17) is 0 Å². The van der Waals surface area contributed by atoms with Gasteiger partial charge < -0.3 is 10.4 Å². The Bertz CT molecular complexity index is 450. The molecule has 3 atom stereocenters. The standard InChI is InChI=1S/C14H20N2O3/c1-10(15-13-7-2-3-8-14(13)17)11-5-4-6-12(9-11)16(18)19/h4-6,9-10,13-15,17H,2-3,7-8H2,1H3. The molecule has 1 aromatic carbocycles. The molecule has 0 heterocycles. The van der Waals surface area contributed by atoms with Gasteiger partial charge >= 0.3 is 0 Å². The predicted molar refractivity (Wildman–Crippen MR) is 72.9 cm³/mol. The molecule has 5 nitrogen and oxygen atoms in total. The highest BCUT2D eigenvalue weighted by molar-refractivity contribution is 5.35. The van der Waals surface area contributed by atoms with E-state index < -0.39 is 0 Å². The normalized spacial score (nSPS) is 24.9. The number of nitrogens with zero attached hydrogens (tertiary/aromatic N) is 1. The summed E-state index contributed by atoms with van der Waals surface area (Å²) in [4.78, 5) is 10.4. The molecule has 104 valence electrons. The first-order chi connectivity index (χ1) is 9.08. The molecule has 0 amide bonds. The van der Waals surface area contributed by atoms with E-state index in [1.807, 2.05) is 13.0 Å². The summed E-state index contributed by atoms with van der Waals surface area (Å²) >= 11 is 0. The lowest BCUT2D eigenvalue weighted by molar-refractivity contribution is -0.384. The molecule has 0 aromatic heterocycles. The highest BCUT2D eigenvalue weighted by atomic mass is 16.6. The number of nitrogens with one attached hydrogen (secondary N) is 1. The maximum absolute atomic E-state index is 10.8. The molecule has 1 aliphatic rings. The Morgan fingerprint density at radius 1 is 1.42 bits per heavy atom. The number of non-ortho nitro benzene ring substituents is 1. The van der Waals surface area contributed by atoms with Crippen molar-refractivity contribution >= 4 is 5.69 Å². The van der Waals surface area contributed by atoms with Crippen LogP contribution in [0.4, 0.5) is 5.69 Å². The largest absolute Gasteiger partial charge is 0.392 e. The van der Waals surface area contributed by atoms with Crippen LogP contribution in [0.25, 0.3) is 0 Å². The van der Waals surface area contributed by atoms with Gasteiger partial charge in [0.25, 0.3) is 5.69 Å². The molecule has 1 aliphatic carbocycles. The van der Waals surface area contributed by atoms with Crippen molar-refractivity contribution in [3.05, 3.63) is 39.9 Å². The first kappa shape index (κ1) is 14.0. The quantitative estimate of drug-likeness (QED) is 0.647. The summed E-state index contributed by atoms with van der Waals surface area (Å²) in [5.41, 5.74) is 0.988. The third kappa shape index (κ3) is 3.52. The van der Waals surface area contributed by atoms with Crippen molar-refractivity contribution in [2.45, 2.75) is 50.8 Å². The van der Waals surface area contributed by atoms with Gasteiger partial charge in [0.05, 0.1) is 11.0 Å². The van der Waals surface area contributed by atoms with E-state index in [-0.39, 0.29) is 28.8 Å². The third-order valence-electron chi connectivity index (χ3n) is 3.77. The van der Waals surface area contributed by atoms with Gasteiger partial charge in [-0.2, -0.15) is 0 Å². The van der Waals surface area contributed by atoms with E-state index in [0.29, 0.717) is 0 Å². The number of rotatable bonds is 4. The Hall–Kier alpha value is -1.46. The second kappa shape index (κ2) is 6.12. The number of nitro groups is 1. The van der Waals surface area contributed by atoms with Crippen LogP contribution in [-0.4, -0.2) is 22.2 Å². The van der Waals surface area contributed by atoms with Gasteiger partial charge in [-0.1, -0.05) is 25.0 Å². The van der Waals surface area contributed by atoms with Crippen molar-refractivity contribution in [3.8, 4) is 0 Å². The minimum absolute atomic E-state index is 0.00218. The average Bonchev–Trinajstić information content (AvgIpc) is 2.41. The highest BCUT2D eigenvalue weighted by Gasteiger charge is 2.24. The lowest BCUT2D eigenvalue weighted by Crippen LogP contribution is -2.43. The minimum atomic E-state index is -0.383. The van der Waals surface area contributed by atoms with Crippen LogP contribution in [0.5, 0.6) is 0 Å². The summed E-state index contributed by atoms with van der Waals surface area (Å²) in [6, 6.07) is 6.74. The van der Waals surface area contributed by atoms with Gasteiger partial charge in [0.2, 0.25) is 0 Å². The van der Waals surface area contributed by atoms with Crippen LogP contribution in [0.1, 0.15) is 44.2 Å². The Balaban J connectivity index is 2.04. The van der Waals surface area contributed by atoms with Crippen molar-refractivity contribution < 1.29 is 10.0 Å². The van der Waals surface area contributed by atoms with Crippen molar-refractivity contribution in [2.75, 3.05) is 0 Å². The van der Waals surface area contributed by atoms with Crippen LogP contribution < -0.4 is 5.32 Å². The van der Waals surface area contributed by atoms with Gasteiger partial charge in [-0.3, -0.25) is 10.1 Å². The van der Waals surface area contributed by atoms with Gasteiger partial charge in [-0.05, 0) is 25.3 Å². The molecule has 0 spiro atoms. The van der Waals surface area contributed by atoms with Crippen molar-refractivity contribution in [1.82, 2.24) is 5.32 Å². The van der Waals surface area contributed by atoms with Crippen LogP contribution in [-0.2, 0) is 0 Å². The predicted octanol–water partition coefficient (Wildman–Crippen LogP) is 2.55. The minimum Gasteiger partial charge on any atom is -0.392 e. The zero-order chi connectivity index (χ0) is 13.8. The van der Waals surface area contributed by atoms with Crippen LogP contribution in [0.3, 0.4) is 0 Å². The van der Waals surface area contributed by atoms with E-state index in [0.717, 1.165) is 31.2 Å². The molecule has 1 saturated carbocycles. The molecule has 19 heavy (non-hydrogen) atoms. The van der Waals surface area contributed by atoms with Gasteiger partial charge in [0, 0.05) is 24.2 Å². The average molecular weight is 264 g/mol. The van der Waals surface area contributed by atoms with E-state index in [2.05, 4.69) is 5.32 Å². The molecule has 0 radical (unpaired) electrons. The van der Waals surface area contributed by atoms with E-state index in [9.17, 15) is 15.2 Å². The Labute approximate surface area is 112 Å². The Morgan fingerprint density at radius 2 is 2.16 bits per heavy atom. The van der Waals surface area contributed by atoms with Gasteiger partial charge in [0.15, 0.2) is 0 Å². The number of hydrogen-bond donors (Lipinski definition) is 2. The van der Waals surface area contributed by atoms with E-state index in [1.54, 1.807) is 12.1 Å². The number of hydrogen-bond acceptors (Lipinski definition) is 4. The second-order valence-electron chi connectivity index (χ2n) is 5.20. The summed E-state index contributed by atoms with van der Waals surface area (Å²) in [6.45, 7) is 1.97. The molecule has 0 saturated heterocycles. The van der Waals surface area contributed by atoms with Crippen LogP contribution in [0.2, 0.25) is 0 Å². The Morgan fingerprint density at radius 3 is 2.84 bits per heavy atom. The number of aliphatic hydroxyl groups is 1. The molecule has 0 bridgehead atoms. The molecule has 2 N–H and O–H groups in total. The topological polar surface area (TPSA) is 75.4 Å². The SMILES string of the molecule is CC(NC1CCCCC1O)c1cccc([N+](=O)[O-])c1. The zero-order valence-corrected chi connectivity index (χ0v) is 11.1. The highest BCUT2D eigenvalue weighted by Crippen LogP contribution is 2.23. The van der Waals surface area contributed by atoms with Gasteiger partial charge in [0.1, 0.15) is 0 Å². The third-order valence-corrected chi connectivity index (χ3v) is 3.77. The van der Waals surface area contributed by atoms with E-state index >= 15 is 0 Å². The summed E-state index contributed by atoms with van der Waals surface area (Å²) in [7, 11) is 0. The maximum atomic E-state index is 10.8. The monoisotopic (exact) mass is 264 g/mol. The lowest BCUT2D eigenvalue weighted by Gasteiger charge is -2.31. The summed E-state index contributed by atoms with van der Waals surface area (Å²) < 4.78 is 0. The van der Waals surface area contributed by atoms with Gasteiger partial charge in [-0.25, -0.2) is 0 Å². The summed E-state index contributed by atoms with van der Waals surface area (Å²) in [6.07, 6.45) is 3.68. The lowest BCUT2D eigenvalue weighted by atomic mass is 9.91. The Kier molecular flexibility index (Phi) is 4.50. The molecule has 3 unspecified atom stereocenters. The first-order valence-corrected chi connectivity index (χ1v) is 6.76. The molecule has 2 rings (SSSR count). The fraction of sp³-hybridized carbons (Fsp3) is 0.571. The molecule has 5 heteroatoms. The van der Waals surface area contributed by atoms with Crippen LogP contribution >= 0.6 is 0 Å². The fourth-order valence-corrected chi connectivity index (χ4v) is 2.63. The fourth-order valence-electron chi connectivity index (χ4n) is 2.63. The second-order valence-corrected chi connectivity index (χ2v) is 5.20. The smallest absolute Gasteiger partial charge is 0.269 e. The number of nitro benzene ring substituents is 1. The summed E-state index contributed by atoms with van der Waals surface area (Å²) in [5, 5.41) is 24.1. The maximum Gasteiger partial charge on any atom is 0.269 e. The molecule has 1 fully saturated rings. The number of aliphatic hydroxyl groups excluding tert-OH is 1. The van der Waals surface area contributed by atoms with Crippen molar-refractivity contribution in [1.29, 1.82) is 0 Å². The molecular weight excluding hydrogens is 244 g/mol. The summed E-state index contributed by atoms with van der Waals surface area (Å²) in [5.74, 6) is 0. The van der Waals surface area contributed by atoms with Crippen molar-refractivity contribution in [3.63, 3.8) is 0 Å². The van der Waals surface area contributed by atoms with E-state index in [1.165, 1.54) is 6.07 Å². The molecule has 1 aromatic rings. The molecule has 0 aliphatic heterocycles.